The molecule has 0 saturated heterocycles. The highest BCUT2D eigenvalue weighted by Gasteiger charge is 2.35. The Morgan fingerprint density at radius 1 is 1.25 bits per heavy atom. The third kappa shape index (κ3) is 3.52. The zero-order chi connectivity index (χ0) is 14.7. The Labute approximate surface area is 130 Å². The lowest BCUT2D eigenvalue weighted by Gasteiger charge is -2.27. The van der Waals surface area contributed by atoms with Gasteiger partial charge in [0.15, 0.2) is 0 Å². The van der Waals surface area contributed by atoms with E-state index in [-0.39, 0.29) is 5.91 Å². The van der Waals surface area contributed by atoms with Crippen LogP contribution in [0.1, 0.15) is 25.7 Å². The number of rotatable bonds is 3. The maximum absolute atomic E-state index is 12.2. The Hall–Kier alpha value is -1.07. The lowest BCUT2D eigenvalue weighted by atomic mass is 9.78. The summed E-state index contributed by atoms with van der Waals surface area (Å²) < 4.78 is 0.748. The number of carbonyl (C=O) groups excluding carboxylic acids is 1. The van der Waals surface area contributed by atoms with E-state index in [4.69, 9.17) is 11.6 Å². The second-order valence-electron chi connectivity index (χ2n) is 4.95. The van der Waals surface area contributed by atoms with E-state index in [0.717, 1.165) is 17.3 Å². The minimum Gasteiger partial charge on any atom is -0.481 e. The lowest BCUT2D eigenvalue weighted by molar-refractivity contribution is -0.147. The molecule has 0 bridgehead atoms. The summed E-state index contributed by atoms with van der Waals surface area (Å²) in [5, 5.41) is 12.5. The van der Waals surface area contributed by atoms with Gasteiger partial charge in [0.05, 0.1) is 16.9 Å². The average molecular weight is 361 g/mol. The zero-order valence-corrected chi connectivity index (χ0v) is 13.1. The Bertz CT molecular complexity index is 535. The predicted molar refractivity (Wildman–Crippen MR) is 80.9 cm³/mol. The summed E-state index contributed by atoms with van der Waals surface area (Å²) in [5.74, 6) is -2.19. The van der Waals surface area contributed by atoms with Gasteiger partial charge in [0, 0.05) is 10.2 Å². The molecule has 0 heterocycles. The van der Waals surface area contributed by atoms with Crippen molar-refractivity contribution < 1.29 is 14.7 Å². The molecule has 1 amide bonds. The highest BCUT2D eigenvalue weighted by atomic mass is 79.9. The highest BCUT2D eigenvalue weighted by Crippen LogP contribution is 2.32. The second kappa shape index (κ2) is 6.59. The number of halogens is 2. The van der Waals surface area contributed by atoms with Crippen LogP contribution in [-0.2, 0) is 9.59 Å². The van der Waals surface area contributed by atoms with Gasteiger partial charge in [-0.1, -0.05) is 24.4 Å². The monoisotopic (exact) mass is 359 g/mol. The molecule has 20 heavy (non-hydrogen) atoms. The molecule has 1 saturated carbocycles. The first-order valence-electron chi connectivity index (χ1n) is 6.48. The van der Waals surface area contributed by atoms with Crippen LogP contribution >= 0.6 is 27.5 Å². The van der Waals surface area contributed by atoms with Gasteiger partial charge in [-0.05, 0) is 47.0 Å². The molecule has 1 aromatic carbocycles. The molecular weight excluding hydrogens is 346 g/mol. The summed E-state index contributed by atoms with van der Waals surface area (Å²) in [5.41, 5.74) is 0.581. The van der Waals surface area contributed by atoms with Crippen LogP contribution in [0.3, 0.4) is 0 Å². The molecule has 0 spiro atoms. The van der Waals surface area contributed by atoms with Crippen molar-refractivity contribution in [1.82, 2.24) is 0 Å². The molecule has 1 aromatic rings. The molecule has 2 atom stereocenters. The number of carboxylic acids is 1. The van der Waals surface area contributed by atoms with Crippen molar-refractivity contribution in [2.24, 2.45) is 11.8 Å². The quantitative estimate of drug-likeness (QED) is 0.858. The number of amides is 1. The number of benzene rings is 1. The van der Waals surface area contributed by atoms with Gasteiger partial charge in [-0.15, -0.1) is 0 Å². The fourth-order valence-corrected chi connectivity index (χ4v) is 2.98. The Kier molecular flexibility index (Phi) is 5.05. The molecule has 2 N–H and O–H groups in total. The number of hydrogen-bond acceptors (Lipinski definition) is 2. The largest absolute Gasteiger partial charge is 0.481 e. The number of carboxylic acid groups (broad SMARTS) is 1. The van der Waals surface area contributed by atoms with Crippen LogP contribution < -0.4 is 5.32 Å². The molecule has 0 aromatic heterocycles. The molecule has 0 unspecified atom stereocenters. The third-order valence-corrected chi connectivity index (χ3v) is 4.84. The molecule has 1 aliphatic carbocycles. The summed E-state index contributed by atoms with van der Waals surface area (Å²) in [6.07, 6.45) is 2.94. The molecule has 108 valence electrons. The zero-order valence-electron chi connectivity index (χ0n) is 10.7. The number of aliphatic carboxylic acids is 1. The van der Waals surface area contributed by atoms with E-state index in [1.807, 2.05) is 0 Å². The number of anilines is 1. The molecule has 4 nitrogen and oxygen atoms in total. The summed E-state index contributed by atoms with van der Waals surface area (Å²) in [6, 6.07) is 5.11. The third-order valence-electron chi connectivity index (χ3n) is 3.61. The van der Waals surface area contributed by atoms with Crippen molar-refractivity contribution >= 4 is 45.1 Å². The molecular formula is C14H15BrClNO3. The van der Waals surface area contributed by atoms with Crippen LogP contribution in [-0.4, -0.2) is 17.0 Å². The topological polar surface area (TPSA) is 66.4 Å². The summed E-state index contributed by atoms with van der Waals surface area (Å²) in [4.78, 5) is 23.5. The Balaban J connectivity index is 2.09. The number of hydrogen-bond donors (Lipinski definition) is 2. The van der Waals surface area contributed by atoms with Crippen LogP contribution in [0.25, 0.3) is 0 Å². The summed E-state index contributed by atoms with van der Waals surface area (Å²) in [6.45, 7) is 0. The van der Waals surface area contributed by atoms with Gasteiger partial charge < -0.3 is 10.4 Å². The van der Waals surface area contributed by atoms with E-state index in [9.17, 15) is 14.7 Å². The number of nitrogens with one attached hydrogen (secondary N) is 1. The van der Waals surface area contributed by atoms with Crippen LogP contribution in [0.2, 0.25) is 5.02 Å². The second-order valence-corrected chi connectivity index (χ2v) is 6.22. The van der Waals surface area contributed by atoms with Gasteiger partial charge in [0.1, 0.15) is 0 Å². The van der Waals surface area contributed by atoms with Crippen LogP contribution in [0.15, 0.2) is 22.7 Å². The highest BCUT2D eigenvalue weighted by molar-refractivity contribution is 9.10. The standard InChI is InChI=1S/C14H15BrClNO3/c15-11-6-5-8(7-12(11)16)17-13(18)9-3-1-2-4-10(9)14(19)20/h5-7,9-10H,1-4H2,(H,17,18)(H,19,20)/t9-,10-/m1/s1. The minimum absolute atomic E-state index is 0.240. The predicted octanol–water partition coefficient (Wildman–Crippen LogP) is 3.93. The van der Waals surface area contributed by atoms with E-state index in [0.29, 0.717) is 23.6 Å². The van der Waals surface area contributed by atoms with Gasteiger partial charge in [-0.3, -0.25) is 9.59 Å². The smallest absolute Gasteiger partial charge is 0.307 e. The molecule has 1 fully saturated rings. The van der Waals surface area contributed by atoms with Gasteiger partial charge in [-0.25, -0.2) is 0 Å². The first kappa shape index (κ1) is 15.3. The first-order chi connectivity index (χ1) is 9.49. The maximum Gasteiger partial charge on any atom is 0.307 e. The Morgan fingerprint density at radius 2 is 1.90 bits per heavy atom. The van der Waals surface area contributed by atoms with E-state index < -0.39 is 17.8 Å². The van der Waals surface area contributed by atoms with Crippen molar-refractivity contribution in [3.05, 3.63) is 27.7 Å². The van der Waals surface area contributed by atoms with Gasteiger partial charge in [0.25, 0.3) is 0 Å². The minimum atomic E-state index is -0.890. The fraction of sp³-hybridized carbons (Fsp3) is 0.429. The molecule has 0 radical (unpaired) electrons. The van der Waals surface area contributed by atoms with Crippen molar-refractivity contribution in [2.75, 3.05) is 5.32 Å². The lowest BCUT2D eigenvalue weighted by Crippen LogP contribution is -2.36. The van der Waals surface area contributed by atoms with Gasteiger partial charge in [-0.2, -0.15) is 0 Å². The van der Waals surface area contributed by atoms with E-state index in [2.05, 4.69) is 21.2 Å². The maximum atomic E-state index is 12.2. The van der Waals surface area contributed by atoms with Gasteiger partial charge in [0.2, 0.25) is 5.91 Å². The van der Waals surface area contributed by atoms with Gasteiger partial charge >= 0.3 is 5.97 Å². The van der Waals surface area contributed by atoms with Crippen molar-refractivity contribution in [1.29, 1.82) is 0 Å². The summed E-state index contributed by atoms with van der Waals surface area (Å²) in [7, 11) is 0. The molecule has 6 heteroatoms. The van der Waals surface area contributed by atoms with Crippen LogP contribution in [0.5, 0.6) is 0 Å². The van der Waals surface area contributed by atoms with E-state index >= 15 is 0 Å². The van der Waals surface area contributed by atoms with Crippen molar-refractivity contribution in [3.63, 3.8) is 0 Å². The molecule has 1 aliphatic rings. The first-order valence-corrected chi connectivity index (χ1v) is 7.65. The molecule has 2 rings (SSSR count). The SMILES string of the molecule is O=C(O)[C@@H]1CCCC[C@H]1C(=O)Nc1ccc(Br)c(Cl)c1. The molecule has 0 aliphatic heterocycles. The van der Waals surface area contributed by atoms with Crippen molar-refractivity contribution in [3.8, 4) is 0 Å². The fourth-order valence-electron chi connectivity index (χ4n) is 2.55. The Morgan fingerprint density at radius 3 is 2.50 bits per heavy atom. The van der Waals surface area contributed by atoms with Crippen molar-refractivity contribution in [2.45, 2.75) is 25.7 Å². The summed E-state index contributed by atoms with van der Waals surface area (Å²) >= 11 is 9.25. The van der Waals surface area contributed by atoms with Crippen LogP contribution in [0.4, 0.5) is 5.69 Å². The van der Waals surface area contributed by atoms with E-state index in [1.54, 1.807) is 18.2 Å². The average Bonchev–Trinajstić information content (AvgIpc) is 2.43. The van der Waals surface area contributed by atoms with Crippen LogP contribution in [0, 0.1) is 11.8 Å². The normalized spacial score (nSPS) is 22.3. The number of carbonyl (C=O) groups is 2. The van der Waals surface area contributed by atoms with E-state index in [1.165, 1.54) is 0 Å².